The van der Waals surface area contributed by atoms with Crippen molar-refractivity contribution < 1.29 is 14.1 Å². The number of aromatic nitrogens is 2. The summed E-state index contributed by atoms with van der Waals surface area (Å²) in [5.74, 6) is 0.434. The molecule has 8 nitrogen and oxygen atoms in total. The number of amides is 2. The van der Waals surface area contributed by atoms with Crippen LogP contribution < -0.4 is 10.4 Å². The maximum Gasteiger partial charge on any atom is 0.289 e. The van der Waals surface area contributed by atoms with Crippen LogP contribution in [-0.2, 0) is 0 Å². The molecule has 5 rings (SSSR count). The lowest BCUT2D eigenvalue weighted by atomic mass is 9.96. The van der Waals surface area contributed by atoms with Crippen LogP contribution in [-0.4, -0.2) is 47.0 Å². The summed E-state index contributed by atoms with van der Waals surface area (Å²) in [4.78, 5) is 32.6. The highest BCUT2D eigenvalue weighted by atomic mass is 32.1. The molecule has 184 valence electrons. The van der Waals surface area contributed by atoms with Gasteiger partial charge >= 0.3 is 0 Å². The van der Waals surface area contributed by atoms with Crippen LogP contribution in [0.4, 0.5) is 5.69 Å². The van der Waals surface area contributed by atoms with Gasteiger partial charge in [-0.25, -0.2) is 4.98 Å². The number of hydrogen-bond donors (Lipinski definition) is 1. The van der Waals surface area contributed by atoms with Crippen molar-refractivity contribution in [1.82, 2.24) is 20.5 Å². The molecule has 0 saturated carbocycles. The Labute approximate surface area is 213 Å². The minimum absolute atomic E-state index is 0.0609. The van der Waals surface area contributed by atoms with Gasteiger partial charge in [0.1, 0.15) is 22.7 Å². The normalized spacial score (nSPS) is 14.0. The minimum Gasteiger partial charge on any atom is -0.360 e. The van der Waals surface area contributed by atoms with Crippen LogP contribution in [0.25, 0.3) is 11.3 Å². The van der Waals surface area contributed by atoms with Gasteiger partial charge in [-0.3, -0.25) is 20.0 Å². The van der Waals surface area contributed by atoms with Gasteiger partial charge in [-0.15, -0.1) is 11.3 Å². The quantitative estimate of drug-likeness (QED) is 0.378. The number of rotatable bonds is 6. The summed E-state index contributed by atoms with van der Waals surface area (Å²) >= 11 is 1.50. The van der Waals surface area contributed by atoms with Crippen molar-refractivity contribution in [2.24, 2.45) is 0 Å². The lowest BCUT2D eigenvalue weighted by molar-refractivity contribution is 0.0711. The zero-order valence-electron chi connectivity index (χ0n) is 20.2. The first-order valence-corrected chi connectivity index (χ1v) is 12.8. The van der Waals surface area contributed by atoms with E-state index in [1.807, 2.05) is 65.6 Å². The van der Waals surface area contributed by atoms with Gasteiger partial charge in [0.25, 0.3) is 11.8 Å². The first-order chi connectivity index (χ1) is 17.5. The van der Waals surface area contributed by atoms with Gasteiger partial charge < -0.3 is 9.42 Å². The van der Waals surface area contributed by atoms with Gasteiger partial charge in [-0.05, 0) is 31.9 Å². The molecule has 36 heavy (non-hydrogen) atoms. The predicted octanol–water partition coefficient (Wildman–Crippen LogP) is 4.91. The van der Waals surface area contributed by atoms with Gasteiger partial charge in [0.05, 0.1) is 10.7 Å². The molecule has 1 saturated heterocycles. The van der Waals surface area contributed by atoms with E-state index in [9.17, 15) is 9.59 Å². The first kappa shape index (κ1) is 23.7. The van der Waals surface area contributed by atoms with Gasteiger partial charge in [-0.1, -0.05) is 53.7 Å². The fourth-order valence-electron chi connectivity index (χ4n) is 4.41. The Hall–Kier alpha value is -3.98. The second-order valence-corrected chi connectivity index (χ2v) is 9.69. The predicted molar refractivity (Wildman–Crippen MR) is 139 cm³/mol. The molecule has 2 aromatic carbocycles. The highest BCUT2D eigenvalue weighted by Gasteiger charge is 2.31. The van der Waals surface area contributed by atoms with Crippen LogP contribution in [0.5, 0.6) is 0 Å². The number of carbonyl (C=O) groups is 2. The molecule has 1 N–H and O–H groups in total. The average Bonchev–Trinajstić information content (AvgIpc) is 3.57. The maximum absolute atomic E-state index is 13.4. The molecule has 0 spiro atoms. The summed E-state index contributed by atoms with van der Waals surface area (Å²) < 4.78 is 5.39. The molecule has 0 atom stereocenters. The summed E-state index contributed by atoms with van der Waals surface area (Å²) in [7, 11) is 1.80. The summed E-state index contributed by atoms with van der Waals surface area (Å²) in [5.41, 5.74) is 6.12. The second kappa shape index (κ2) is 10.3. The second-order valence-electron chi connectivity index (χ2n) is 8.80. The Bertz CT molecular complexity index is 1340. The number of thiazole rings is 1. The number of piperidine rings is 1. The molecule has 0 radical (unpaired) electrons. The molecule has 1 fully saturated rings. The molecule has 0 bridgehead atoms. The van der Waals surface area contributed by atoms with Crippen LogP contribution in [0.3, 0.4) is 0 Å². The monoisotopic (exact) mass is 501 g/mol. The summed E-state index contributed by atoms with van der Waals surface area (Å²) in [6.07, 6.45) is 1.57. The number of para-hydroxylation sites is 1. The minimum atomic E-state index is -0.243. The maximum atomic E-state index is 13.4. The van der Waals surface area contributed by atoms with E-state index in [1.54, 1.807) is 24.4 Å². The Kier molecular flexibility index (Phi) is 6.81. The number of nitrogens with zero attached hydrogens (tertiary/aromatic N) is 4. The van der Waals surface area contributed by atoms with Crippen LogP contribution in [0.2, 0.25) is 0 Å². The van der Waals surface area contributed by atoms with Crippen LogP contribution in [0, 0.1) is 6.92 Å². The van der Waals surface area contributed by atoms with E-state index in [4.69, 9.17) is 4.52 Å². The van der Waals surface area contributed by atoms with E-state index in [1.165, 1.54) is 11.3 Å². The number of benzene rings is 2. The van der Waals surface area contributed by atoms with Gasteiger partial charge in [-0.2, -0.15) is 0 Å². The fourth-order valence-corrected chi connectivity index (χ4v) is 5.38. The van der Waals surface area contributed by atoms with Crippen LogP contribution >= 0.6 is 11.3 Å². The van der Waals surface area contributed by atoms with Crippen molar-refractivity contribution in [3.8, 4) is 11.3 Å². The third-order valence-electron chi connectivity index (χ3n) is 6.42. The summed E-state index contributed by atoms with van der Waals surface area (Å²) in [6, 6.07) is 19.2. The van der Waals surface area contributed by atoms with Gasteiger partial charge in [0.2, 0.25) is 0 Å². The molecule has 1 aliphatic heterocycles. The Morgan fingerprint density at radius 1 is 1.06 bits per heavy atom. The van der Waals surface area contributed by atoms with Crippen LogP contribution in [0.15, 0.2) is 70.6 Å². The van der Waals surface area contributed by atoms with Gasteiger partial charge in [0.15, 0.2) is 0 Å². The zero-order valence-corrected chi connectivity index (χ0v) is 21.0. The van der Waals surface area contributed by atoms with Crippen molar-refractivity contribution >= 4 is 28.8 Å². The molecule has 0 unspecified atom stereocenters. The van der Waals surface area contributed by atoms with E-state index in [-0.39, 0.29) is 17.7 Å². The molecular formula is C27H27N5O3S. The fraction of sp³-hybridized carbons (Fsp3) is 0.259. The van der Waals surface area contributed by atoms with E-state index < -0.39 is 0 Å². The number of carbonyl (C=O) groups excluding carboxylic acids is 2. The molecule has 1 aliphatic rings. The lowest BCUT2D eigenvalue weighted by Crippen LogP contribution is -2.39. The highest BCUT2D eigenvalue weighted by molar-refractivity contribution is 7.09. The third-order valence-corrected chi connectivity index (χ3v) is 7.43. The molecule has 4 aromatic rings. The molecule has 0 aliphatic carbocycles. The van der Waals surface area contributed by atoms with E-state index >= 15 is 0 Å². The van der Waals surface area contributed by atoms with E-state index in [0.29, 0.717) is 35.8 Å². The number of hydrogen-bond acceptors (Lipinski definition) is 7. The number of hydrazine groups is 1. The molecule has 3 heterocycles. The van der Waals surface area contributed by atoms with E-state index in [2.05, 4.69) is 15.6 Å². The van der Waals surface area contributed by atoms with Crippen molar-refractivity contribution in [2.75, 3.05) is 25.1 Å². The first-order valence-electron chi connectivity index (χ1n) is 11.9. The summed E-state index contributed by atoms with van der Waals surface area (Å²) in [6.45, 7) is 3.00. The van der Waals surface area contributed by atoms with Crippen molar-refractivity contribution in [3.05, 3.63) is 88.1 Å². The Balaban J connectivity index is 1.21. The zero-order chi connectivity index (χ0) is 25.1. The lowest BCUT2D eigenvalue weighted by Gasteiger charge is -2.31. The summed E-state index contributed by atoms with van der Waals surface area (Å²) in [5, 5.41) is 8.56. The topological polar surface area (TPSA) is 91.6 Å². The number of nitrogens with one attached hydrogen (secondary N) is 1. The number of anilines is 1. The van der Waals surface area contributed by atoms with Gasteiger partial charge in [0, 0.05) is 37.0 Å². The Morgan fingerprint density at radius 3 is 2.42 bits per heavy atom. The van der Waals surface area contributed by atoms with Crippen molar-refractivity contribution in [1.29, 1.82) is 0 Å². The SMILES string of the molecule is Cc1onc(-c2ccccc2)c1C(=O)N1CCC(c2nc(C(=O)NN(C)c3ccccc3)cs2)CC1. The van der Waals surface area contributed by atoms with Crippen molar-refractivity contribution in [2.45, 2.75) is 25.7 Å². The van der Waals surface area contributed by atoms with Crippen LogP contribution in [0.1, 0.15) is 50.4 Å². The number of aryl methyl sites for hydroxylation is 1. The molecule has 2 amide bonds. The largest absolute Gasteiger partial charge is 0.360 e. The Morgan fingerprint density at radius 2 is 1.72 bits per heavy atom. The smallest absolute Gasteiger partial charge is 0.289 e. The molecule has 9 heteroatoms. The standard InChI is InChI=1S/C27H27N5O3S/c1-18-23(24(30-35-18)19-9-5-3-6-10-19)27(34)32-15-13-20(14-16-32)26-28-22(17-36-26)25(33)29-31(2)21-11-7-4-8-12-21/h3-12,17,20H,13-16H2,1-2H3,(H,29,33). The molecule has 2 aromatic heterocycles. The average molecular weight is 502 g/mol. The molecular weight excluding hydrogens is 474 g/mol. The van der Waals surface area contributed by atoms with E-state index in [0.717, 1.165) is 29.1 Å². The number of likely N-dealkylation sites (tertiary alicyclic amines) is 1. The highest BCUT2D eigenvalue weighted by Crippen LogP contribution is 2.33. The third kappa shape index (κ3) is 4.87. The van der Waals surface area contributed by atoms with Crippen molar-refractivity contribution in [3.63, 3.8) is 0 Å².